The molecule has 6 nitrogen and oxygen atoms in total. The van der Waals surface area contributed by atoms with Crippen LogP contribution in [-0.2, 0) is 19.9 Å². The van der Waals surface area contributed by atoms with E-state index in [1.807, 2.05) is 13.8 Å². The Morgan fingerprint density at radius 3 is 1.74 bits per heavy atom. The third kappa shape index (κ3) is 3.80. The maximum Gasteiger partial charge on any atom is 0.283 e. The van der Waals surface area contributed by atoms with Crippen molar-refractivity contribution in [3.63, 3.8) is 0 Å². The Hall–Kier alpha value is -3.23. The molecule has 0 amide bonds. The molecule has 1 aromatic heterocycles. The summed E-state index contributed by atoms with van der Waals surface area (Å²) in [6.07, 6.45) is 1.10. The van der Waals surface area contributed by atoms with Crippen molar-refractivity contribution in [3.05, 3.63) is 96.2 Å². The van der Waals surface area contributed by atoms with Crippen LogP contribution in [0.25, 0.3) is 11.3 Å². The summed E-state index contributed by atoms with van der Waals surface area (Å²) in [5.74, 6) is 0. The first-order valence-electron chi connectivity index (χ1n) is 9.49. The summed E-state index contributed by atoms with van der Waals surface area (Å²) in [7, 11) is -8.13. The zero-order valence-electron chi connectivity index (χ0n) is 16.9. The molecule has 8 heteroatoms. The number of sulfone groups is 1. The first kappa shape index (κ1) is 21.0. The lowest BCUT2D eigenvalue weighted by molar-refractivity contribution is 0.581. The van der Waals surface area contributed by atoms with Crippen LogP contribution in [0.2, 0.25) is 0 Å². The van der Waals surface area contributed by atoms with E-state index in [-0.39, 0.29) is 20.4 Å². The summed E-state index contributed by atoms with van der Waals surface area (Å²) in [4.78, 5) is -0.0709. The highest BCUT2D eigenvalue weighted by Crippen LogP contribution is 2.33. The second-order valence-electron chi connectivity index (χ2n) is 7.20. The van der Waals surface area contributed by atoms with E-state index in [4.69, 9.17) is 0 Å². The fourth-order valence-electron chi connectivity index (χ4n) is 3.20. The molecule has 0 fully saturated rings. The van der Waals surface area contributed by atoms with Gasteiger partial charge in [0.2, 0.25) is 9.84 Å². The van der Waals surface area contributed by atoms with E-state index >= 15 is 0 Å². The Labute approximate surface area is 181 Å². The Kier molecular flexibility index (Phi) is 5.28. The highest BCUT2D eigenvalue weighted by molar-refractivity contribution is 7.92. The average Bonchev–Trinajstić information content (AvgIpc) is 3.22. The zero-order chi connectivity index (χ0) is 22.2. The molecule has 0 aliphatic rings. The first-order valence-corrected chi connectivity index (χ1v) is 12.4. The van der Waals surface area contributed by atoms with Gasteiger partial charge in [-0.3, -0.25) is 0 Å². The number of aryl methyl sites for hydroxylation is 2. The van der Waals surface area contributed by atoms with Gasteiger partial charge in [0, 0.05) is 5.56 Å². The van der Waals surface area contributed by atoms with Gasteiger partial charge in [-0.25, -0.2) is 8.42 Å². The molecule has 0 atom stereocenters. The third-order valence-electron chi connectivity index (χ3n) is 4.92. The molecular formula is C23H20N2O4S2. The van der Waals surface area contributed by atoms with E-state index in [2.05, 4.69) is 5.10 Å². The van der Waals surface area contributed by atoms with Gasteiger partial charge in [0.15, 0.2) is 0 Å². The van der Waals surface area contributed by atoms with Crippen molar-refractivity contribution in [3.8, 4) is 11.3 Å². The number of nitrogens with zero attached hydrogens (tertiary/aromatic N) is 2. The van der Waals surface area contributed by atoms with E-state index in [0.29, 0.717) is 5.56 Å². The number of aromatic nitrogens is 2. The molecule has 0 N–H and O–H groups in total. The minimum Gasteiger partial charge on any atom is -0.218 e. The first-order chi connectivity index (χ1) is 14.7. The van der Waals surface area contributed by atoms with Crippen LogP contribution < -0.4 is 0 Å². The summed E-state index contributed by atoms with van der Waals surface area (Å²) in [5.41, 5.74) is 2.26. The number of hydrogen-bond acceptors (Lipinski definition) is 5. The summed E-state index contributed by atoms with van der Waals surface area (Å²) in [6.45, 7) is 3.71. The largest absolute Gasteiger partial charge is 0.283 e. The molecular weight excluding hydrogens is 432 g/mol. The zero-order valence-corrected chi connectivity index (χ0v) is 18.6. The standard InChI is InChI=1S/C23H20N2O4S2/c1-17-8-12-20(13-9-17)30(26,27)22-16-24-25(23(22)19-6-4-3-5-7-19)31(28,29)21-14-10-18(2)11-15-21/h3-16H,1-2H3. The molecule has 0 saturated carbocycles. The monoisotopic (exact) mass is 452 g/mol. The van der Waals surface area contributed by atoms with Gasteiger partial charge in [-0.05, 0) is 38.1 Å². The van der Waals surface area contributed by atoms with E-state index < -0.39 is 19.9 Å². The Morgan fingerprint density at radius 2 is 1.19 bits per heavy atom. The van der Waals surface area contributed by atoms with Gasteiger partial charge in [-0.15, -0.1) is 0 Å². The minimum absolute atomic E-state index is 0.00162. The van der Waals surface area contributed by atoms with Gasteiger partial charge in [-0.1, -0.05) is 65.7 Å². The van der Waals surface area contributed by atoms with E-state index in [0.717, 1.165) is 21.4 Å². The van der Waals surface area contributed by atoms with Gasteiger partial charge < -0.3 is 0 Å². The van der Waals surface area contributed by atoms with Crippen LogP contribution in [0.1, 0.15) is 11.1 Å². The topological polar surface area (TPSA) is 86.1 Å². The van der Waals surface area contributed by atoms with Gasteiger partial charge in [-0.2, -0.15) is 17.6 Å². The quantitative estimate of drug-likeness (QED) is 0.452. The van der Waals surface area contributed by atoms with E-state index in [1.165, 1.54) is 24.3 Å². The SMILES string of the molecule is Cc1ccc(S(=O)(=O)c2cnn(S(=O)(=O)c3ccc(C)cc3)c2-c2ccccc2)cc1. The molecule has 0 aliphatic carbocycles. The summed E-state index contributed by atoms with van der Waals surface area (Å²) < 4.78 is 54.4. The van der Waals surface area contributed by atoms with Crippen LogP contribution in [0.3, 0.4) is 0 Å². The molecule has 0 radical (unpaired) electrons. The molecule has 4 rings (SSSR count). The summed E-state index contributed by atoms with van der Waals surface area (Å²) >= 11 is 0. The normalized spacial score (nSPS) is 12.1. The number of hydrogen-bond donors (Lipinski definition) is 0. The second kappa shape index (κ2) is 7.79. The maximum absolute atomic E-state index is 13.4. The predicted molar refractivity (Wildman–Crippen MR) is 118 cm³/mol. The fourth-order valence-corrected chi connectivity index (χ4v) is 5.95. The van der Waals surface area contributed by atoms with Gasteiger partial charge in [0.1, 0.15) is 10.6 Å². The number of benzene rings is 3. The summed E-state index contributed by atoms with van der Waals surface area (Å²) in [6, 6.07) is 21.3. The lowest BCUT2D eigenvalue weighted by Gasteiger charge is -2.12. The van der Waals surface area contributed by atoms with Crippen LogP contribution in [0.5, 0.6) is 0 Å². The molecule has 4 aromatic rings. The predicted octanol–water partition coefficient (Wildman–Crippen LogP) is 4.24. The van der Waals surface area contributed by atoms with Crippen molar-refractivity contribution in [2.45, 2.75) is 28.5 Å². The average molecular weight is 453 g/mol. The fraction of sp³-hybridized carbons (Fsp3) is 0.0870. The Balaban J connectivity index is 1.98. The van der Waals surface area contributed by atoms with Crippen molar-refractivity contribution < 1.29 is 16.8 Å². The van der Waals surface area contributed by atoms with Crippen molar-refractivity contribution >= 4 is 19.9 Å². The minimum atomic E-state index is -4.12. The van der Waals surface area contributed by atoms with Gasteiger partial charge >= 0.3 is 0 Å². The molecule has 0 saturated heterocycles. The third-order valence-corrected chi connectivity index (χ3v) is 8.29. The number of rotatable bonds is 5. The van der Waals surface area contributed by atoms with Gasteiger partial charge in [0.25, 0.3) is 10.0 Å². The summed E-state index contributed by atoms with van der Waals surface area (Å²) in [5, 5.41) is 4.02. The lowest BCUT2D eigenvalue weighted by atomic mass is 10.2. The highest BCUT2D eigenvalue weighted by Gasteiger charge is 2.31. The molecule has 158 valence electrons. The van der Waals surface area contributed by atoms with Crippen molar-refractivity contribution in [1.29, 1.82) is 0 Å². The smallest absolute Gasteiger partial charge is 0.218 e. The van der Waals surface area contributed by atoms with E-state index in [1.54, 1.807) is 54.6 Å². The van der Waals surface area contributed by atoms with Crippen molar-refractivity contribution in [1.82, 2.24) is 9.19 Å². The molecule has 1 heterocycles. The second-order valence-corrected chi connectivity index (χ2v) is 10.9. The van der Waals surface area contributed by atoms with Crippen LogP contribution >= 0.6 is 0 Å². The van der Waals surface area contributed by atoms with Gasteiger partial charge in [0.05, 0.1) is 16.0 Å². The molecule has 31 heavy (non-hydrogen) atoms. The van der Waals surface area contributed by atoms with Crippen LogP contribution in [0, 0.1) is 13.8 Å². The molecule has 0 unspecified atom stereocenters. The molecule has 0 bridgehead atoms. The lowest BCUT2D eigenvalue weighted by Crippen LogP contribution is -2.16. The van der Waals surface area contributed by atoms with Crippen molar-refractivity contribution in [2.75, 3.05) is 0 Å². The molecule has 3 aromatic carbocycles. The van der Waals surface area contributed by atoms with E-state index in [9.17, 15) is 16.8 Å². The van der Waals surface area contributed by atoms with Crippen LogP contribution in [0.15, 0.2) is 99.7 Å². The molecule has 0 aliphatic heterocycles. The highest BCUT2D eigenvalue weighted by atomic mass is 32.2. The Bertz CT molecular complexity index is 1350. The maximum atomic E-state index is 13.4. The molecule has 0 spiro atoms. The van der Waals surface area contributed by atoms with Crippen LogP contribution in [-0.4, -0.2) is 26.0 Å². The Morgan fingerprint density at radius 1 is 0.677 bits per heavy atom. The van der Waals surface area contributed by atoms with Crippen LogP contribution in [0.4, 0.5) is 0 Å². The van der Waals surface area contributed by atoms with Crippen molar-refractivity contribution in [2.24, 2.45) is 0 Å².